The van der Waals surface area contributed by atoms with Gasteiger partial charge < -0.3 is 9.47 Å². The number of amides is 2. The third-order valence-corrected chi connectivity index (χ3v) is 4.13. The van der Waals surface area contributed by atoms with E-state index in [4.69, 9.17) is 21.1 Å². The molecule has 8 nitrogen and oxygen atoms in total. The lowest BCUT2D eigenvalue weighted by molar-refractivity contribution is -0.123. The third kappa shape index (κ3) is 5.10. The Bertz CT molecular complexity index is 892. The highest BCUT2D eigenvalue weighted by molar-refractivity contribution is 6.32. The van der Waals surface area contributed by atoms with E-state index in [9.17, 15) is 14.4 Å². The van der Waals surface area contributed by atoms with Crippen molar-refractivity contribution in [3.05, 3.63) is 46.2 Å². The van der Waals surface area contributed by atoms with Gasteiger partial charge in [0.05, 0.1) is 18.4 Å². The fraction of sp³-hybridized carbons (Fsp3) is 0.368. The molecule has 28 heavy (non-hydrogen) atoms. The molecule has 1 aromatic heterocycles. The first-order chi connectivity index (χ1) is 13.2. The van der Waals surface area contributed by atoms with Crippen LogP contribution in [0.1, 0.15) is 40.3 Å². The first-order valence-electron chi connectivity index (χ1n) is 8.61. The van der Waals surface area contributed by atoms with Gasteiger partial charge in [-0.25, -0.2) is 4.79 Å². The maximum atomic E-state index is 12.3. The van der Waals surface area contributed by atoms with Crippen molar-refractivity contribution in [2.75, 3.05) is 13.7 Å². The minimum absolute atomic E-state index is 0.103. The molecular weight excluding hydrogens is 386 g/mol. The predicted octanol–water partition coefficient (Wildman–Crippen LogP) is 2.62. The van der Waals surface area contributed by atoms with Crippen molar-refractivity contribution in [1.82, 2.24) is 15.1 Å². The molecule has 2 aromatic rings. The summed E-state index contributed by atoms with van der Waals surface area (Å²) >= 11 is 6.21. The molecule has 0 unspecified atom stereocenters. The highest BCUT2D eigenvalue weighted by Gasteiger charge is 2.23. The summed E-state index contributed by atoms with van der Waals surface area (Å²) in [5, 5.41) is 6.52. The quantitative estimate of drug-likeness (QED) is 0.708. The number of hydrogen-bond acceptors (Lipinski definition) is 6. The van der Waals surface area contributed by atoms with Gasteiger partial charge in [-0.2, -0.15) is 5.10 Å². The lowest BCUT2D eigenvalue weighted by atomic mass is 10.2. The van der Waals surface area contributed by atoms with Crippen LogP contribution in [0.25, 0.3) is 0 Å². The smallest absolute Gasteiger partial charge is 0.343 e. The molecule has 150 valence electrons. The number of imide groups is 1. The van der Waals surface area contributed by atoms with Crippen molar-refractivity contribution in [3.63, 3.8) is 0 Å². The van der Waals surface area contributed by atoms with Crippen LogP contribution in [0.15, 0.2) is 24.3 Å². The molecule has 2 amide bonds. The Morgan fingerprint density at radius 2 is 1.93 bits per heavy atom. The van der Waals surface area contributed by atoms with Gasteiger partial charge >= 0.3 is 5.97 Å². The van der Waals surface area contributed by atoms with Crippen LogP contribution in [-0.2, 0) is 16.1 Å². The average molecular weight is 408 g/mol. The predicted molar refractivity (Wildman–Crippen MR) is 103 cm³/mol. The van der Waals surface area contributed by atoms with Gasteiger partial charge in [0.15, 0.2) is 6.61 Å². The second-order valence-corrected chi connectivity index (χ2v) is 6.84. The molecule has 0 aliphatic rings. The van der Waals surface area contributed by atoms with Crippen molar-refractivity contribution < 1.29 is 23.9 Å². The van der Waals surface area contributed by atoms with Crippen LogP contribution < -0.4 is 10.1 Å². The number of aryl methyl sites for hydroxylation is 1. The Kier molecular flexibility index (Phi) is 7.17. The summed E-state index contributed by atoms with van der Waals surface area (Å²) in [5.74, 6) is -1.60. The van der Waals surface area contributed by atoms with E-state index in [1.165, 1.54) is 17.9 Å². The van der Waals surface area contributed by atoms with Gasteiger partial charge in [-0.15, -0.1) is 0 Å². The van der Waals surface area contributed by atoms with E-state index >= 15 is 0 Å². The summed E-state index contributed by atoms with van der Waals surface area (Å²) in [6.07, 6.45) is 0. The van der Waals surface area contributed by atoms with Crippen molar-refractivity contribution in [3.8, 4) is 5.75 Å². The minimum Gasteiger partial charge on any atom is -0.496 e. The lowest BCUT2D eigenvalue weighted by Crippen LogP contribution is -2.34. The van der Waals surface area contributed by atoms with E-state index in [0.717, 1.165) is 0 Å². The fourth-order valence-corrected chi connectivity index (χ4v) is 2.84. The van der Waals surface area contributed by atoms with Crippen LogP contribution in [0, 0.1) is 12.8 Å². The summed E-state index contributed by atoms with van der Waals surface area (Å²) in [6, 6.07) is 6.45. The maximum absolute atomic E-state index is 12.3. The molecule has 9 heteroatoms. The van der Waals surface area contributed by atoms with Crippen molar-refractivity contribution in [1.29, 1.82) is 0 Å². The third-order valence-electron chi connectivity index (χ3n) is 3.75. The number of hydrogen-bond donors (Lipinski definition) is 1. The van der Waals surface area contributed by atoms with E-state index in [2.05, 4.69) is 10.4 Å². The summed E-state index contributed by atoms with van der Waals surface area (Å²) < 4.78 is 11.6. The Balaban J connectivity index is 1.98. The zero-order chi connectivity index (χ0) is 20.8. The minimum atomic E-state index is -0.780. The molecule has 0 atom stereocenters. The van der Waals surface area contributed by atoms with Crippen LogP contribution in [0.5, 0.6) is 5.75 Å². The number of ether oxygens (including phenoxy) is 2. The molecule has 0 bridgehead atoms. The Morgan fingerprint density at radius 3 is 2.57 bits per heavy atom. The summed E-state index contributed by atoms with van der Waals surface area (Å²) in [5.41, 5.74) is 0.700. The lowest BCUT2D eigenvalue weighted by Gasteiger charge is -2.09. The van der Waals surface area contributed by atoms with Crippen LogP contribution in [0.2, 0.25) is 5.15 Å². The van der Waals surface area contributed by atoms with Gasteiger partial charge in [0.25, 0.3) is 11.8 Å². The number of benzene rings is 1. The number of methoxy groups -OCH3 is 1. The highest BCUT2D eigenvalue weighted by atomic mass is 35.5. The number of nitrogens with zero attached hydrogens (tertiary/aromatic N) is 2. The molecular formula is C19H22ClN3O5. The molecule has 0 spiro atoms. The van der Waals surface area contributed by atoms with Gasteiger partial charge in [-0.05, 0) is 25.0 Å². The zero-order valence-electron chi connectivity index (χ0n) is 16.1. The van der Waals surface area contributed by atoms with E-state index in [1.807, 2.05) is 13.8 Å². The molecule has 1 heterocycles. The second kappa shape index (κ2) is 9.36. The molecule has 0 aliphatic heterocycles. The van der Waals surface area contributed by atoms with Crippen molar-refractivity contribution in [2.45, 2.75) is 27.3 Å². The molecule has 1 N–H and O–H groups in total. The van der Waals surface area contributed by atoms with Gasteiger partial charge in [0.1, 0.15) is 16.5 Å². The number of rotatable bonds is 7. The normalized spacial score (nSPS) is 10.6. The number of carbonyl (C=O) groups is 3. The molecule has 0 radical (unpaired) electrons. The topological polar surface area (TPSA) is 99.5 Å². The van der Waals surface area contributed by atoms with Crippen molar-refractivity contribution in [2.24, 2.45) is 5.92 Å². The number of para-hydroxylation sites is 1. The SMILES string of the molecule is COc1ccccc1C(=O)NC(=O)COC(=O)c1c(C)nn(CC(C)C)c1Cl. The average Bonchev–Trinajstić information content (AvgIpc) is 2.92. The van der Waals surface area contributed by atoms with Crippen molar-refractivity contribution >= 4 is 29.4 Å². The number of carbonyl (C=O) groups excluding carboxylic acids is 3. The number of esters is 1. The largest absolute Gasteiger partial charge is 0.496 e. The zero-order valence-corrected chi connectivity index (χ0v) is 16.9. The van der Waals surface area contributed by atoms with Gasteiger partial charge in [-0.1, -0.05) is 37.6 Å². The molecule has 0 saturated carbocycles. The number of halogens is 1. The molecule has 2 rings (SSSR count). The highest BCUT2D eigenvalue weighted by Crippen LogP contribution is 2.22. The first-order valence-corrected chi connectivity index (χ1v) is 8.99. The van der Waals surface area contributed by atoms with Crippen LogP contribution in [0.3, 0.4) is 0 Å². The summed E-state index contributed by atoms with van der Waals surface area (Å²) in [7, 11) is 1.42. The molecule has 0 aliphatic carbocycles. The molecule has 0 fully saturated rings. The van der Waals surface area contributed by atoms with Crippen LogP contribution in [0.4, 0.5) is 0 Å². The van der Waals surface area contributed by atoms with E-state index in [-0.39, 0.29) is 22.2 Å². The Labute approximate surface area is 167 Å². The molecule has 1 aromatic carbocycles. The Morgan fingerprint density at radius 1 is 1.25 bits per heavy atom. The fourth-order valence-electron chi connectivity index (χ4n) is 2.52. The van der Waals surface area contributed by atoms with Gasteiger partial charge in [0, 0.05) is 6.54 Å². The van der Waals surface area contributed by atoms with E-state index < -0.39 is 24.4 Å². The first kappa shape index (κ1) is 21.4. The van der Waals surface area contributed by atoms with E-state index in [0.29, 0.717) is 18.0 Å². The van der Waals surface area contributed by atoms with Crippen LogP contribution in [-0.4, -0.2) is 41.3 Å². The summed E-state index contributed by atoms with van der Waals surface area (Å²) in [6.45, 7) is 5.53. The van der Waals surface area contributed by atoms with Gasteiger partial charge in [0.2, 0.25) is 0 Å². The maximum Gasteiger partial charge on any atom is 0.343 e. The molecule has 0 saturated heterocycles. The Hall–Kier alpha value is -2.87. The van der Waals surface area contributed by atoms with Gasteiger partial charge in [-0.3, -0.25) is 19.6 Å². The summed E-state index contributed by atoms with van der Waals surface area (Å²) in [4.78, 5) is 36.5. The van der Waals surface area contributed by atoms with E-state index in [1.54, 1.807) is 25.1 Å². The standard InChI is InChI=1S/C19H22ClN3O5/c1-11(2)9-23-17(20)16(12(3)22-23)19(26)28-10-15(24)21-18(25)13-7-5-6-8-14(13)27-4/h5-8,11H,9-10H2,1-4H3,(H,21,24,25). The monoisotopic (exact) mass is 407 g/mol. The number of nitrogens with one attached hydrogen (secondary N) is 1. The second-order valence-electron chi connectivity index (χ2n) is 6.48. The number of aromatic nitrogens is 2. The van der Waals surface area contributed by atoms with Crippen LogP contribution >= 0.6 is 11.6 Å².